The molecule has 1 N–H and O–H groups in total. The van der Waals surface area contributed by atoms with Crippen LogP contribution < -0.4 is 4.74 Å². The number of hydrogen-bond acceptors (Lipinski definition) is 2. The Morgan fingerprint density at radius 3 is 3.00 bits per heavy atom. The van der Waals surface area contributed by atoms with E-state index in [1.165, 1.54) is 5.56 Å². The van der Waals surface area contributed by atoms with E-state index in [0.29, 0.717) is 0 Å². The third-order valence-corrected chi connectivity index (χ3v) is 2.91. The second-order valence-corrected chi connectivity index (χ2v) is 4.32. The minimum Gasteiger partial charge on any atom is -0.490 e. The van der Waals surface area contributed by atoms with Gasteiger partial charge in [-0.05, 0) is 25.5 Å². The molecule has 0 radical (unpaired) electrons. The van der Waals surface area contributed by atoms with E-state index < -0.39 is 0 Å². The van der Waals surface area contributed by atoms with Gasteiger partial charge in [-0.1, -0.05) is 25.0 Å². The van der Waals surface area contributed by atoms with Gasteiger partial charge in [0, 0.05) is 12.0 Å². The molecule has 82 valence electrons. The Bertz CT molecular complexity index is 346. The Morgan fingerprint density at radius 2 is 2.27 bits per heavy atom. The van der Waals surface area contributed by atoms with Crippen LogP contribution in [0.4, 0.5) is 0 Å². The lowest BCUT2D eigenvalue weighted by atomic mass is 9.96. The van der Waals surface area contributed by atoms with E-state index in [-0.39, 0.29) is 12.2 Å². The van der Waals surface area contributed by atoms with Gasteiger partial charge < -0.3 is 9.84 Å². The summed E-state index contributed by atoms with van der Waals surface area (Å²) in [6.07, 6.45) is 2.66. The zero-order valence-electron chi connectivity index (χ0n) is 9.36. The van der Waals surface area contributed by atoms with Crippen molar-refractivity contribution in [2.45, 2.75) is 45.3 Å². The first kappa shape index (κ1) is 10.5. The Morgan fingerprint density at radius 1 is 1.47 bits per heavy atom. The molecule has 2 heteroatoms. The fourth-order valence-corrected chi connectivity index (χ4v) is 2.14. The van der Waals surface area contributed by atoms with Crippen LogP contribution in [0.1, 0.15) is 43.4 Å². The minimum atomic E-state index is -0.356. The van der Waals surface area contributed by atoms with Crippen LogP contribution in [0.25, 0.3) is 0 Å². The van der Waals surface area contributed by atoms with E-state index in [4.69, 9.17) is 4.74 Å². The van der Waals surface area contributed by atoms with Crippen LogP contribution >= 0.6 is 0 Å². The Hall–Kier alpha value is -1.02. The summed E-state index contributed by atoms with van der Waals surface area (Å²) in [4.78, 5) is 0. The molecule has 1 aliphatic heterocycles. The second-order valence-electron chi connectivity index (χ2n) is 4.32. The molecular weight excluding hydrogens is 188 g/mol. The van der Waals surface area contributed by atoms with Crippen LogP contribution in [-0.4, -0.2) is 11.2 Å². The highest BCUT2D eigenvalue weighted by molar-refractivity contribution is 5.40. The molecule has 1 heterocycles. The van der Waals surface area contributed by atoms with Gasteiger partial charge in [0.15, 0.2) is 0 Å². The van der Waals surface area contributed by atoms with E-state index >= 15 is 0 Å². The summed E-state index contributed by atoms with van der Waals surface area (Å²) in [7, 11) is 0. The Balaban J connectivity index is 2.24. The van der Waals surface area contributed by atoms with Crippen molar-refractivity contribution in [1.29, 1.82) is 0 Å². The molecule has 0 aliphatic carbocycles. The predicted molar refractivity (Wildman–Crippen MR) is 60.1 cm³/mol. The summed E-state index contributed by atoms with van der Waals surface area (Å²) in [5, 5.41) is 10.0. The molecule has 0 amide bonds. The van der Waals surface area contributed by atoms with Gasteiger partial charge >= 0.3 is 0 Å². The molecule has 15 heavy (non-hydrogen) atoms. The van der Waals surface area contributed by atoms with E-state index in [1.54, 1.807) is 0 Å². The number of benzene rings is 1. The number of rotatable bonds is 2. The lowest BCUT2D eigenvalue weighted by molar-refractivity contribution is 0.0614. The van der Waals surface area contributed by atoms with Crippen LogP contribution in [-0.2, 0) is 0 Å². The molecule has 1 aliphatic rings. The molecule has 2 rings (SSSR count). The van der Waals surface area contributed by atoms with E-state index in [2.05, 4.69) is 6.92 Å². The molecule has 0 fully saturated rings. The predicted octanol–water partition coefficient (Wildman–Crippen LogP) is 2.98. The van der Waals surface area contributed by atoms with E-state index in [1.807, 2.05) is 25.1 Å². The molecule has 2 atom stereocenters. The summed E-state index contributed by atoms with van der Waals surface area (Å²) >= 11 is 0. The minimum absolute atomic E-state index is 0.181. The van der Waals surface area contributed by atoms with Crippen LogP contribution in [0, 0.1) is 6.92 Å². The molecular formula is C13H18O2. The van der Waals surface area contributed by atoms with E-state index in [0.717, 1.165) is 30.6 Å². The van der Waals surface area contributed by atoms with Gasteiger partial charge in [0.05, 0.1) is 6.10 Å². The maximum absolute atomic E-state index is 10.0. The van der Waals surface area contributed by atoms with Crippen molar-refractivity contribution >= 4 is 0 Å². The SMILES string of the molecule is CCCC1CC(O)c2cc(C)ccc2O1. The van der Waals surface area contributed by atoms with Crippen LogP contribution in [0.15, 0.2) is 18.2 Å². The number of hydrogen-bond donors (Lipinski definition) is 1. The molecule has 2 unspecified atom stereocenters. The van der Waals surface area contributed by atoms with Crippen LogP contribution in [0.3, 0.4) is 0 Å². The Kier molecular flexibility index (Phi) is 2.96. The molecule has 2 nitrogen and oxygen atoms in total. The smallest absolute Gasteiger partial charge is 0.125 e. The van der Waals surface area contributed by atoms with Crippen molar-refractivity contribution in [1.82, 2.24) is 0 Å². The number of fused-ring (bicyclic) bond motifs is 1. The topological polar surface area (TPSA) is 29.5 Å². The molecule has 0 aromatic heterocycles. The van der Waals surface area contributed by atoms with Crippen molar-refractivity contribution in [2.24, 2.45) is 0 Å². The van der Waals surface area contributed by atoms with Gasteiger partial charge in [-0.15, -0.1) is 0 Å². The van der Waals surface area contributed by atoms with Crippen molar-refractivity contribution < 1.29 is 9.84 Å². The van der Waals surface area contributed by atoms with Gasteiger partial charge in [-0.2, -0.15) is 0 Å². The van der Waals surface area contributed by atoms with Crippen molar-refractivity contribution in [3.05, 3.63) is 29.3 Å². The normalized spacial score (nSPS) is 24.5. The quantitative estimate of drug-likeness (QED) is 0.806. The summed E-state index contributed by atoms with van der Waals surface area (Å²) < 4.78 is 5.84. The molecule has 0 spiro atoms. The fourth-order valence-electron chi connectivity index (χ4n) is 2.14. The lowest BCUT2D eigenvalue weighted by Crippen LogP contribution is -2.25. The zero-order chi connectivity index (χ0) is 10.8. The first-order valence-electron chi connectivity index (χ1n) is 5.66. The second kappa shape index (κ2) is 4.23. The van der Waals surface area contributed by atoms with Crippen molar-refractivity contribution in [3.8, 4) is 5.75 Å². The Labute approximate surface area is 90.9 Å². The fraction of sp³-hybridized carbons (Fsp3) is 0.538. The zero-order valence-corrected chi connectivity index (χ0v) is 9.36. The third-order valence-electron chi connectivity index (χ3n) is 2.91. The molecule has 1 aromatic carbocycles. The van der Waals surface area contributed by atoms with Gasteiger partial charge in [0.2, 0.25) is 0 Å². The van der Waals surface area contributed by atoms with E-state index in [9.17, 15) is 5.11 Å². The average molecular weight is 206 g/mol. The largest absolute Gasteiger partial charge is 0.490 e. The maximum atomic E-state index is 10.0. The monoisotopic (exact) mass is 206 g/mol. The maximum Gasteiger partial charge on any atom is 0.125 e. The molecule has 0 saturated carbocycles. The number of aliphatic hydroxyl groups is 1. The van der Waals surface area contributed by atoms with Crippen molar-refractivity contribution in [3.63, 3.8) is 0 Å². The summed E-state index contributed by atoms with van der Waals surface area (Å²) in [5.41, 5.74) is 2.12. The average Bonchev–Trinajstić information content (AvgIpc) is 2.20. The molecule has 0 saturated heterocycles. The van der Waals surface area contributed by atoms with Crippen LogP contribution in [0.2, 0.25) is 0 Å². The number of aryl methyl sites for hydroxylation is 1. The van der Waals surface area contributed by atoms with Gasteiger partial charge in [-0.3, -0.25) is 0 Å². The van der Waals surface area contributed by atoms with Gasteiger partial charge in [-0.25, -0.2) is 0 Å². The number of aliphatic hydroxyl groups excluding tert-OH is 1. The van der Waals surface area contributed by atoms with Crippen molar-refractivity contribution in [2.75, 3.05) is 0 Å². The highest BCUT2D eigenvalue weighted by Crippen LogP contribution is 2.36. The van der Waals surface area contributed by atoms with Crippen LogP contribution in [0.5, 0.6) is 5.75 Å². The van der Waals surface area contributed by atoms with Gasteiger partial charge in [0.25, 0.3) is 0 Å². The summed E-state index contributed by atoms with van der Waals surface area (Å²) in [5.74, 6) is 0.859. The standard InChI is InChI=1S/C13H18O2/c1-3-4-10-8-12(14)11-7-9(2)5-6-13(11)15-10/h5-7,10,12,14H,3-4,8H2,1-2H3. The molecule has 0 bridgehead atoms. The summed E-state index contributed by atoms with van der Waals surface area (Å²) in [6.45, 7) is 4.17. The third kappa shape index (κ3) is 2.15. The highest BCUT2D eigenvalue weighted by Gasteiger charge is 2.25. The first-order valence-corrected chi connectivity index (χ1v) is 5.66. The summed E-state index contributed by atoms with van der Waals surface area (Å²) in [6, 6.07) is 6.01. The van der Waals surface area contributed by atoms with Gasteiger partial charge in [0.1, 0.15) is 11.9 Å². The molecule has 1 aromatic rings. The highest BCUT2D eigenvalue weighted by atomic mass is 16.5. The number of ether oxygens (including phenoxy) is 1. The first-order chi connectivity index (χ1) is 7.20. The lowest BCUT2D eigenvalue weighted by Gasteiger charge is -2.29.